The van der Waals surface area contributed by atoms with E-state index >= 15 is 0 Å². The predicted molar refractivity (Wildman–Crippen MR) is 68.3 cm³/mol. The third kappa shape index (κ3) is 13.1. The Hall–Kier alpha value is 1.07. The number of ether oxygens (including phenoxy) is 1. The van der Waals surface area contributed by atoms with Crippen LogP contribution in [0.15, 0.2) is 0 Å². The van der Waals surface area contributed by atoms with Gasteiger partial charge < -0.3 is 22.8 Å². The molecule has 1 rings (SSSR count). The van der Waals surface area contributed by atoms with Crippen LogP contribution in [0.2, 0.25) is 0 Å². The molecule has 0 saturated heterocycles. The second-order valence-electron chi connectivity index (χ2n) is 3.75. The summed E-state index contributed by atoms with van der Waals surface area (Å²) in [5, 5.41) is 7.68. The maximum absolute atomic E-state index is 5.03. The fraction of sp³-hybridized carbons (Fsp3) is 0.917. The van der Waals surface area contributed by atoms with Gasteiger partial charge >= 0.3 is 35.6 Å². The van der Waals surface area contributed by atoms with E-state index in [0.29, 0.717) is 0 Å². The molecule has 16 heavy (non-hydrogen) atoms. The summed E-state index contributed by atoms with van der Waals surface area (Å²) in [7, 11) is 5.31. The van der Waals surface area contributed by atoms with Crippen LogP contribution in [0, 0.1) is 48.9 Å². The summed E-state index contributed by atoms with van der Waals surface area (Å²) in [6, 6.07) is 0. The van der Waals surface area contributed by atoms with E-state index in [1.165, 1.54) is 25.7 Å². The number of nitrogens with zero attached hydrogens (tertiary/aromatic N) is 2. The van der Waals surface area contributed by atoms with Crippen molar-refractivity contribution in [3.63, 3.8) is 0 Å². The second-order valence-corrected chi connectivity index (χ2v) is 3.75. The van der Waals surface area contributed by atoms with E-state index in [2.05, 4.69) is 10.6 Å². The fourth-order valence-corrected chi connectivity index (χ4v) is 1.53. The van der Waals surface area contributed by atoms with Crippen molar-refractivity contribution in [3.8, 4) is 0 Å². The average Bonchev–Trinajstić information content (AvgIpc) is 2.71. The summed E-state index contributed by atoms with van der Waals surface area (Å²) in [5.41, 5.74) is 0. The molecule has 94 valence electrons. The summed E-state index contributed by atoms with van der Waals surface area (Å²) >= 11 is 0. The molecule has 0 amide bonds. The number of hydrogen-bond donors (Lipinski definition) is 0. The first-order valence-corrected chi connectivity index (χ1v) is 5.41. The van der Waals surface area contributed by atoms with Crippen LogP contribution in [0.5, 0.6) is 0 Å². The molecule has 0 atom stereocenters. The van der Waals surface area contributed by atoms with Crippen LogP contribution in [0.25, 0.3) is 10.6 Å². The first-order valence-electron chi connectivity index (χ1n) is 5.41. The normalized spacial score (nSPS) is 14.8. The molecule has 0 aromatic heterocycles. The van der Waals surface area contributed by atoms with Crippen LogP contribution in [0.1, 0.15) is 32.6 Å². The summed E-state index contributed by atoms with van der Waals surface area (Å²) in [6.07, 6.45) is 5.83. The Morgan fingerprint density at radius 2 is 1.62 bits per heavy atom. The van der Waals surface area contributed by atoms with Gasteiger partial charge in [0, 0.05) is 13.7 Å². The monoisotopic (exact) mass is 354 g/mol. The maximum atomic E-state index is 5.03. The largest absolute Gasteiger partial charge is 3.00 e. The topological polar surface area (TPSA) is 37.4 Å². The zero-order valence-corrected chi connectivity index (χ0v) is 15.2. The molecule has 0 unspecified atom stereocenters. The van der Waals surface area contributed by atoms with Crippen LogP contribution < -0.4 is 0 Å². The minimum atomic E-state index is 0. The van der Waals surface area contributed by atoms with E-state index in [4.69, 9.17) is 4.74 Å². The van der Waals surface area contributed by atoms with Crippen LogP contribution in [-0.2, 0) is 4.74 Å². The van der Waals surface area contributed by atoms with Crippen LogP contribution >= 0.6 is 0 Å². The molecule has 3 nitrogen and oxygen atoms in total. The molecule has 0 aromatic rings. The molecule has 0 spiro atoms. The van der Waals surface area contributed by atoms with E-state index in [9.17, 15) is 0 Å². The number of methoxy groups -OCH3 is 1. The van der Waals surface area contributed by atoms with E-state index in [1.807, 2.05) is 6.92 Å². The minimum absolute atomic E-state index is 0. The molecule has 4 heteroatoms. The van der Waals surface area contributed by atoms with Gasteiger partial charge in [0.15, 0.2) is 0 Å². The van der Waals surface area contributed by atoms with E-state index in [-0.39, 0.29) is 49.2 Å². The van der Waals surface area contributed by atoms with Gasteiger partial charge in [-0.1, -0.05) is 12.8 Å². The molecule has 0 N–H and O–H groups in total. The van der Waals surface area contributed by atoms with Crippen molar-refractivity contribution in [1.29, 1.82) is 0 Å². The van der Waals surface area contributed by atoms with Gasteiger partial charge in [0.25, 0.3) is 0 Å². The first-order chi connectivity index (χ1) is 6.74. The predicted octanol–water partition coefficient (Wildman–Crippen LogP) is 3.61. The second kappa shape index (κ2) is 16.1. The van der Waals surface area contributed by atoms with Crippen molar-refractivity contribution in [2.24, 2.45) is 5.92 Å². The average molecular weight is 354 g/mol. The Morgan fingerprint density at radius 1 is 1.19 bits per heavy atom. The van der Waals surface area contributed by atoms with Gasteiger partial charge in [-0.25, -0.2) is 6.17 Å². The molecule has 0 aromatic carbocycles. The summed E-state index contributed by atoms with van der Waals surface area (Å²) < 4.78 is 5.03. The van der Waals surface area contributed by atoms with Crippen molar-refractivity contribution >= 4 is 0 Å². The van der Waals surface area contributed by atoms with Gasteiger partial charge in [0.1, 0.15) is 0 Å². The van der Waals surface area contributed by atoms with Crippen molar-refractivity contribution in [3.05, 3.63) is 18.1 Å². The molecule has 0 heterocycles. The zero-order chi connectivity index (χ0) is 10.8. The van der Waals surface area contributed by atoms with Crippen molar-refractivity contribution < 1.29 is 40.3 Å². The fourth-order valence-electron chi connectivity index (χ4n) is 1.53. The van der Waals surface area contributed by atoms with E-state index in [1.54, 1.807) is 21.2 Å². The first kappa shape index (κ1) is 22.3. The third-order valence-corrected chi connectivity index (χ3v) is 2.62. The van der Waals surface area contributed by atoms with Crippen molar-refractivity contribution in [1.82, 2.24) is 0 Å². The summed E-state index contributed by atoms with van der Waals surface area (Å²) in [6.45, 7) is 2.93. The standard InChI is InChI=1S/C7H14O.C4H10N2.CH3.La/c1-8-6-7-4-2-3-5-7;1-4(5-2)6-3;;/h7H,2-6H2,1H3;4H,1-3H3;1H3;/q;-2;-1;+3. The SMILES string of the molecule is COCC1CCCC1.C[N-]C(C)[N-]C.[CH3-].[La+3]. The van der Waals surface area contributed by atoms with Gasteiger partial charge in [-0.3, -0.25) is 0 Å². The smallest absolute Gasteiger partial charge is 0.681 e. The molecule has 0 aliphatic heterocycles. The van der Waals surface area contributed by atoms with Gasteiger partial charge in [-0.15, -0.1) is 6.92 Å². The Kier molecular flexibility index (Phi) is 22.4. The van der Waals surface area contributed by atoms with Gasteiger partial charge in [0.2, 0.25) is 0 Å². The molecule has 1 saturated carbocycles. The van der Waals surface area contributed by atoms with Crippen LogP contribution in [0.3, 0.4) is 0 Å². The maximum Gasteiger partial charge on any atom is 3.00 e. The summed E-state index contributed by atoms with van der Waals surface area (Å²) in [4.78, 5) is 0. The summed E-state index contributed by atoms with van der Waals surface area (Å²) in [5.74, 6) is 0.889. The molecule has 0 bridgehead atoms. The van der Waals surface area contributed by atoms with Gasteiger partial charge in [-0.05, 0) is 18.8 Å². The zero-order valence-electron chi connectivity index (χ0n) is 11.6. The van der Waals surface area contributed by atoms with Crippen LogP contribution in [0.4, 0.5) is 0 Å². The Labute approximate surface area is 130 Å². The molecule has 1 aliphatic rings. The van der Waals surface area contributed by atoms with Gasteiger partial charge in [-0.2, -0.15) is 14.1 Å². The van der Waals surface area contributed by atoms with Crippen LogP contribution in [-0.4, -0.2) is 34.0 Å². The molecule has 1 aliphatic carbocycles. The molecular weight excluding hydrogens is 327 g/mol. The van der Waals surface area contributed by atoms with Gasteiger partial charge in [0.05, 0.1) is 0 Å². The van der Waals surface area contributed by atoms with Crippen molar-refractivity contribution in [2.75, 3.05) is 27.8 Å². The van der Waals surface area contributed by atoms with E-state index < -0.39 is 0 Å². The van der Waals surface area contributed by atoms with Crippen molar-refractivity contribution in [2.45, 2.75) is 38.8 Å². The Balaban J connectivity index is -0.000000195. The number of rotatable bonds is 4. The van der Waals surface area contributed by atoms with E-state index in [0.717, 1.165) is 12.5 Å². The molecule has 1 fully saturated rings. The Bertz CT molecular complexity index is 116. The third-order valence-electron chi connectivity index (χ3n) is 2.62. The minimum Gasteiger partial charge on any atom is -0.681 e. The number of hydrogen-bond acceptors (Lipinski definition) is 1. The quantitative estimate of drug-likeness (QED) is 0.711. The molecular formula is C12H27LaN2O. The molecule has 0 radical (unpaired) electrons. The Morgan fingerprint density at radius 3 is 1.88 bits per heavy atom.